The Labute approximate surface area is 413 Å². The van der Waals surface area contributed by atoms with Crippen LogP contribution in [0.4, 0.5) is 28.4 Å². The fraction of sp³-hybridized carbons (Fsp3) is 0.327. The SMILES string of the molecule is Cc1c(C(=O)O)c(-c2cccc(N3CCN(c4ccc(NS(=O)(=O)c5ccc(N[C@H](CCN6CCC(O)CC6)CSc6ccccc6)c([N+](=O)[O-])c5)cc4)CC3)c2)c(-c2ccc(Cl)cc2)n1C(C)C. The molecule has 69 heavy (non-hydrogen) atoms. The number of aromatic nitrogens is 1. The predicted molar refractivity (Wildman–Crippen MR) is 278 cm³/mol. The Morgan fingerprint density at radius 2 is 1.51 bits per heavy atom. The molecule has 5 aromatic carbocycles. The maximum absolute atomic E-state index is 13.7. The molecule has 0 saturated carbocycles. The minimum Gasteiger partial charge on any atom is -0.478 e. The maximum Gasteiger partial charge on any atom is 0.338 e. The van der Waals surface area contributed by atoms with E-state index in [1.807, 2.05) is 106 Å². The van der Waals surface area contributed by atoms with Gasteiger partial charge in [0.25, 0.3) is 15.7 Å². The Morgan fingerprint density at radius 3 is 2.14 bits per heavy atom. The lowest BCUT2D eigenvalue weighted by molar-refractivity contribution is -0.384. The summed E-state index contributed by atoms with van der Waals surface area (Å²) in [6.07, 6.45) is 1.86. The zero-order valence-electron chi connectivity index (χ0n) is 38.9. The molecule has 8 rings (SSSR count). The summed E-state index contributed by atoms with van der Waals surface area (Å²) in [6, 6.07) is 36.4. The summed E-state index contributed by atoms with van der Waals surface area (Å²) in [6.45, 7) is 11.1. The van der Waals surface area contributed by atoms with Gasteiger partial charge in [-0.15, -0.1) is 11.8 Å². The van der Waals surface area contributed by atoms with Gasteiger partial charge in [-0.05, 0) is 124 Å². The van der Waals surface area contributed by atoms with Gasteiger partial charge < -0.3 is 34.8 Å². The Balaban J connectivity index is 0.927. The molecular weight excluding hydrogens is 934 g/mol. The number of nitrogens with one attached hydrogen (secondary N) is 2. The highest BCUT2D eigenvalue weighted by molar-refractivity contribution is 7.99. The Hall–Kier alpha value is -6.04. The van der Waals surface area contributed by atoms with Crippen LogP contribution in [0.3, 0.4) is 0 Å². The number of carboxylic acids is 1. The largest absolute Gasteiger partial charge is 0.478 e. The Bertz CT molecular complexity index is 2870. The molecule has 0 spiro atoms. The van der Waals surface area contributed by atoms with Crippen LogP contribution in [0.5, 0.6) is 0 Å². The van der Waals surface area contributed by atoms with Gasteiger partial charge in [-0.25, -0.2) is 13.2 Å². The van der Waals surface area contributed by atoms with Crippen molar-refractivity contribution in [2.75, 3.05) is 71.4 Å². The molecule has 17 heteroatoms. The van der Waals surface area contributed by atoms with Crippen molar-refractivity contribution in [3.05, 3.63) is 148 Å². The predicted octanol–water partition coefficient (Wildman–Crippen LogP) is 10.5. The van der Waals surface area contributed by atoms with Crippen molar-refractivity contribution < 1.29 is 28.3 Å². The third-order valence-corrected chi connectivity index (χ3v) is 15.7. The van der Waals surface area contributed by atoms with Crippen LogP contribution >= 0.6 is 23.4 Å². The highest BCUT2D eigenvalue weighted by Gasteiger charge is 2.30. The number of likely N-dealkylation sites (tertiary alicyclic amines) is 1. The average molecular weight is 993 g/mol. The number of carboxylic acid groups (broad SMARTS) is 1. The van der Waals surface area contributed by atoms with E-state index in [1.165, 1.54) is 12.1 Å². The van der Waals surface area contributed by atoms with E-state index < -0.39 is 20.9 Å². The molecule has 0 radical (unpaired) electrons. The van der Waals surface area contributed by atoms with E-state index in [0.29, 0.717) is 60.3 Å². The number of rotatable bonds is 18. The topological polar surface area (TPSA) is 174 Å². The number of hydrogen-bond acceptors (Lipinski definition) is 11. The van der Waals surface area contributed by atoms with Gasteiger partial charge in [-0.1, -0.05) is 54.1 Å². The van der Waals surface area contributed by atoms with E-state index >= 15 is 0 Å². The van der Waals surface area contributed by atoms with Crippen LogP contribution in [-0.4, -0.2) is 103 Å². The number of nitro benzene ring substituents is 1. The van der Waals surface area contributed by atoms with Crippen molar-refractivity contribution in [2.24, 2.45) is 0 Å². The molecule has 362 valence electrons. The first-order valence-electron chi connectivity index (χ1n) is 23.3. The molecule has 1 atom stereocenters. The molecule has 2 aliphatic rings. The molecular formula is C52H58ClN7O7S2. The fourth-order valence-corrected chi connectivity index (χ4v) is 11.6. The number of aromatic carboxylic acids is 1. The van der Waals surface area contributed by atoms with E-state index in [9.17, 15) is 33.5 Å². The molecule has 3 heterocycles. The van der Waals surface area contributed by atoms with Gasteiger partial charge in [0.15, 0.2) is 0 Å². The van der Waals surface area contributed by atoms with Crippen LogP contribution in [-0.2, 0) is 10.0 Å². The molecule has 2 aliphatic heterocycles. The van der Waals surface area contributed by atoms with Crippen molar-refractivity contribution in [1.82, 2.24) is 9.47 Å². The van der Waals surface area contributed by atoms with Gasteiger partial charge in [0.2, 0.25) is 0 Å². The summed E-state index contributed by atoms with van der Waals surface area (Å²) in [7, 11) is -4.20. The van der Waals surface area contributed by atoms with Gasteiger partial charge in [0.1, 0.15) is 5.69 Å². The van der Waals surface area contributed by atoms with Crippen molar-refractivity contribution in [2.45, 2.75) is 68.0 Å². The number of benzene rings is 5. The summed E-state index contributed by atoms with van der Waals surface area (Å²) in [5, 5.41) is 36.9. The molecule has 2 saturated heterocycles. The first-order chi connectivity index (χ1) is 33.1. The number of aliphatic hydroxyl groups is 1. The molecule has 0 bridgehead atoms. The zero-order valence-corrected chi connectivity index (χ0v) is 41.3. The van der Waals surface area contributed by atoms with E-state index in [4.69, 9.17) is 11.6 Å². The average Bonchev–Trinajstić information content (AvgIpc) is 3.67. The number of piperidine rings is 1. The second-order valence-electron chi connectivity index (χ2n) is 17.9. The van der Waals surface area contributed by atoms with Gasteiger partial charge >= 0.3 is 5.97 Å². The third-order valence-electron chi connectivity index (χ3n) is 12.9. The van der Waals surface area contributed by atoms with Crippen LogP contribution in [0.2, 0.25) is 5.02 Å². The van der Waals surface area contributed by atoms with Crippen LogP contribution in [0.1, 0.15) is 55.2 Å². The number of anilines is 4. The van der Waals surface area contributed by atoms with Gasteiger partial charge in [-0.2, -0.15) is 0 Å². The lowest BCUT2D eigenvalue weighted by atomic mass is 9.96. The van der Waals surface area contributed by atoms with Gasteiger partial charge in [0, 0.05) is 108 Å². The van der Waals surface area contributed by atoms with E-state index in [-0.39, 0.29) is 40.0 Å². The molecule has 1 aromatic heterocycles. The van der Waals surface area contributed by atoms with Crippen LogP contribution in [0, 0.1) is 17.0 Å². The van der Waals surface area contributed by atoms with Crippen molar-refractivity contribution in [3.63, 3.8) is 0 Å². The summed E-state index contributed by atoms with van der Waals surface area (Å²) < 4.78 is 32.1. The quantitative estimate of drug-likeness (QED) is 0.0365. The standard InChI is InChI=1S/C52H58ClN7O7S2/c1-35(2)59-36(3)49(52(62)63)50(51(59)37-12-14-39(53)15-13-37)38-8-7-9-43(32-38)58-30-28-57(29-31-58)42-18-16-40(17-19-42)55-69(66,67)46-20-21-47(48(33-46)60(64)65)54-41(34-68-45-10-5-4-6-11-45)22-25-56-26-23-44(61)24-27-56/h4-21,32-33,35,41,44,54-55,61H,22-31,34H2,1-3H3,(H,62,63)/t41-/m1/s1. The van der Waals surface area contributed by atoms with Crippen molar-refractivity contribution >= 4 is 67.8 Å². The highest BCUT2D eigenvalue weighted by Crippen LogP contribution is 2.42. The normalized spacial score (nSPS) is 15.3. The molecule has 4 N–H and O–H groups in total. The van der Waals surface area contributed by atoms with E-state index in [0.717, 1.165) is 71.6 Å². The molecule has 0 aliphatic carbocycles. The molecule has 0 unspecified atom stereocenters. The number of nitro groups is 1. The smallest absolute Gasteiger partial charge is 0.338 e. The number of nitrogens with zero attached hydrogens (tertiary/aromatic N) is 5. The molecule has 14 nitrogen and oxygen atoms in total. The highest BCUT2D eigenvalue weighted by atomic mass is 35.5. The lowest BCUT2D eigenvalue weighted by Gasteiger charge is -2.37. The number of thioether (sulfide) groups is 1. The minimum atomic E-state index is -4.20. The van der Waals surface area contributed by atoms with Crippen molar-refractivity contribution in [1.29, 1.82) is 0 Å². The second kappa shape index (κ2) is 21.7. The third kappa shape index (κ3) is 11.7. The Morgan fingerprint density at radius 1 is 0.841 bits per heavy atom. The Kier molecular flexibility index (Phi) is 15.5. The number of sulfonamides is 1. The maximum atomic E-state index is 13.7. The van der Waals surface area contributed by atoms with Crippen molar-refractivity contribution in [3.8, 4) is 22.4 Å². The number of aliphatic hydroxyl groups excluding tert-OH is 1. The second-order valence-corrected chi connectivity index (χ2v) is 21.1. The van der Waals surface area contributed by atoms with E-state index in [2.05, 4.69) is 35.4 Å². The minimum absolute atomic E-state index is 0.00416. The van der Waals surface area contributed by atoms with Gasteiger partial charge in [-0.3, -0.25) is 14.8 Å². The van der Waals surface area contributed by atoms with Gasteiger partial charge in [0.05, 0.1) is 27.2 Å². The number of piperazine rings is 1. The monoisotopic (exact) mass is 991 g/mol. The number of halogens is 1. The number of carbonyl (C=O) groups is 1. The van der Waals surface area contributed by atoms with Crippen LogP contribution in [0.25, 0.3) is 22.4 Å². The number of hydrogen-bond donors (Lipinski definition) is 4. The first-order valence-corrected chi connectivity index (χ1v) is 26.1. The van der Waals surface area contributed by atoms with E-state index in [1.54, 1.807) is 23.9 Å². The van der Waals surface area contributed by atoms with Crippen LogP contribution < -0.4 is 19.8 Å². The molecule has 6 aromatic rings. The summed E-state index contributed by atoms with van der Waals surface area (Å²) in [5.74, 6) is -0.348. The first kappa shape index (κ1) is 49.4. The summed E-state index contributed by atoms with van der Waals surface area (Å²) in [4.78, 5) is 32.4. The van der Waals surface area contributed by atoms with Crippen LogP contribution in [0.15, 0.2) is 131 Å². The molecule has 0 amide bonds. The lowest BCUT2D eigenvalue weighted by Crippen LogP contribution is -2.46. The fourth-order valence-electron chi connectivity index (χ4n) is 9.39. The summed E-state index contributed by atoms with van der Waals surface area (Å²) in [5.41, 5.74) is 6.27. The molecule has 2 fully saturated rings. The summed E-state index contributed by atoms with van der Waals surface area (Å²) >= 11 is 7.91. The zero-order chi connectivity index (χ0) is 48.8.